The van der Waals surface area contributed by atoms with Crippen molar-refractivity contribution in [3.05, 3.63) is 89.4 Å². The molecular formula is C24H16F2N4O2. The van der Waals surface area contributed by atoms with Gasteiger partial charge in [-0.1, -0.05) is 35.5 Å². The van der Waals surface area contributed by atoms with Crippen molar-refractivity contribution in [1.29, 1.82) is 0 Å². The highest BCUT2D eigenvalue weighted by Crippen LogP contribution is 2.36. The number of halogens is 2. The van der Waals surface area contributed by atoms with Crippen LogP contribution in [0.2, 0.25) is 0 Å². The van der Waals surface area contributed by atoms with E-state index in [-0.39, 0.29) is 11.3 Å². The molecule has 8 heteroatoms. The van der Waals surface area contributed by atoms with Crippen LogP contribution in [-0.4, -0.2) is 20.9 Å². The van der Waals surface area contributed by atoms with Crippen molar-refractivity contribution in [3.63, 3.8) is 0 Å². The number of rotatable bonds is 4. The second-order valence-corrected chi connectivity index (χ2v) is 7.31. The molecule has 5 rings (SSSR count). The number of anilines is 1. The molecule has 3 N–H and O–H groups in total. The molecule has 0 spiro atoms. The van der Waals surface area contributed by atoms with Gasteiger partial charge in [0.05, 0.1) is 16.8 Å². The number of nitrogens with one attached hydrogen (secondary N) is 1. The van der Waals surface area contributed by atoms with E-state index in [1.54, 1.807) is 19.2 Å². The molecule has 0 atom stereocenters. The van der Waals surface area contributed by atoms with Crippen LogP contribution in [0.5, 0.6) is 0 Å². The van der Waals surface area contributed by atoms with Crippen LogP contribution in [0.25, 0.3) is 33.4 Å². The largest absolute Gasteiger partial charge is 0.396 e. The Bertz CT molecular complexity index is 1490. The summed E-state index contributed by atoms with van der Waals surface area (Å²) in [5.74, 6) is -2.33. The molecule has 0 aliphatic heterocycles. The van der Waals surface area contributed by atoms with Gasteiger partial charge in [0.15, 0.2) is 5.82 Å². The number of H-pyrrole nitrogens is 1. The molecule has 0 radical (unpaired) electrons. The van der Waals surface area contributed by atoms with Gasteiger partial charge in [0.25, 0.3) is 0 Å². The Morgan fingerprint density at radius 3 is 2.66 bits per heavy atom. The molecule has 0 amide bonds. The van der Waals surface area contributed by atoms with Gasteiger partial charge in [-0.15, -0.1) is 0 Å². The van der Waals surface area contributed by atoms with Gasteiger partial charge in [0, 0.05) is 34.5 Å². The van der Waals surface area contributed by atoms with Gasteiger partial charge in [0.2, 0.25) is 5.78 Å². The molecule has 5 aromatic rings. The van der Waals surface area contributed by atoms with E-state index in [2.05, 4.69) is 15.1 Å². The molecule has 0 fully saturated rings. The number of hydrogen-bond donors (Lipinski definition) is 2. The molecular weight excluding hydrogens is 414 g/mol. The number of nitrogens with two attached hydrogens (primary N) is 1. The molecule has 6 nitrogen and oxygen atoms in total. The van der Waals surface area contributed by atoms with Crippen LogP contribution in [0.4, 0.5) is 14.5 Å². The fourth-order valence-corrected chi connectivity index (χ4v) is 3.74. The Morgan fingerprint density at radius 1 is 1.09 bits per heavy atom. The molecule has 0 aliphatic rings. The van der Waals surface area contributed by atoms with E-state index < -0.39 is 23.0 Å². The minimum Gasteiger partial charge on any atom is -0.396 e. The number of carbonyl (C=O) groups excluding carboxylic acids is 1. The Labute approximate surface area is 180 Å². The highest BCUT2D eigenvalue weighted by atomic mass is 19.1. The molecule has 0 unspecified atom stereocenters. The van der Waals surface area contributed by atoms with E-state index in [4.69, 9.17) is 10.3 Å². The summed E-state index contributed by atoms with van der Waals surface area (Å²) >= 11 is 0. The van der Waals surface area contributed by atoms with Gasteiger partial charge in [0.1, 0.15) is 22.9 Å². The first kappa shape index (κ1) is 19.6. The Balaban J connectivity index is 1.67. The van der Waals surface area contributed by atoms with Gasteiger partial charge in [-0.05, 0) is 25.1 Å². The van der Waals surface area contributed by atoms with Crippen molar-refractivity contribution < 1.29 is 18.1 Å². The minimum atomic E-state index is -1.09. The number of fused-ring (bicyclic) bond motifs is 1. The van der Waals surface area contributed by atoms with Crippen LogP contribution < -0.4 is 5.73 Å². The second-order valence-electron chi connectivity index (χ2n) is 7.31. The summed E-state index contributed by atoms with van der Waals surface area (Å²) < 4.78 is 34.2. The summed E-state index contributed by atoms with van der Waals surface area (Å²) in [5, 5.41) is 4.59. The normalized spacial score (nSPS) is 11.2. The third-order valence-electron chi connectivity index (χ3n) is 5.32. The van der Waals surface area contributed by atoms with E-state index >= 15 is 0 Å². The zero-order valence-electron chi connectivity index (χ0n) is 16.8. The first-order chi connectivity index (χ1) is 15.5. The first-order valence-electron chi connectivity index (χ1n) is 9.73. The predicted molar refractivity (Wildman–Crippen MR) is 116 cm³/mol. The van der Waals surface area contributed by atoms with Gasteiger partial charge in [-0.25, -0.2) is 13.8 Å². The van der Waals surface area contributed by atoms with Crippen LogP contribution in [0.15, 0.2) is 65.4 Å². The number of benzene rings is 2. The van der Waals surface area contributed by atoms with Gasteiger partial charge >= 0.3 is 0 Å². The molecule has 3 aromatic heterocycles. The van der Waals surface area contributed by atoms with Crippen molar-refractivity contribution in [2.45, 2.75) is 6.92 Å². The lowest BCUT2D eigenvalue weighted by Crippen LogP contribution is -2.09. The lowest BCUT2D eigenvalue weighted by molar-refractivity contribution is 0.103. The monoisotopic (exact) mass is 430 g/mol. The van der Waals surface area contributed by atoms with Crippen LogP contribution in [0.3, 0.4) is 0 Å². The number of hydrogen-bond acceptors (Lipinski definition) is 5. The average molecular weight is 430 g/mol. The smallest absolute Gasteiger partial charge is 0.201 e. The molecule has 158 valence electrons. The molecule has 0 aliphatic carbocycles. The number of pyridine rings is 1. The lowest BCUT2D eigenvalue weighted by Gasteiger charge is -2.07. The third kappa shape index (κ3) is 3.04. The SMILES string of the molecule is Cc1onc(-c2ccccc2)c1-c1cnc2[nH]cc(C(=O)c3c(F)ccc(N)c3F)c2c1. The van der Waals surface area contributed by atoms with Crippen molar-refractivity contribution in [2.24, 2.45) is 0 Å². The van der Waals surface area contributed by atoms with Crippen LogP contribution >= 0.6 is 0 Å². The van der Waals surface area contributed by atoms with Crippen molar-refractivity contribution in [3.8, 4) is 22.4 Å². The summed E-state index contributed by atoms with van der Waals surface area (Å²) in [6, 6.07) is 13.3. The van der Waals surface area contributed by atoms with Gasteiger partial charge < -0.3 is 15.2 Å². The van der Waals surface area contributed by atoms with Crippen molar-refractivity contribution in [1.82, 2.24) is 15.1 Å². The Morgan fingerprint density at radius 2 is 1.88 bits per heavy atom. The molecule has 0 saturated heterocycles. The number of ketones is 1. The highest BCUT2D eigenvalue weighted by Gasteiger charge is 2.25. The number of aromatic nitrogens is 3. The number of nitrogens with zero attached hydrogens (tertiary/aromatic N) is 2. The topological polar surface area (TPSA) is 97.8 Å². The fourth-order valence-electron chi connectivity index (χ4n) is 3.74. The Hall–Kier alpha value is -4.33. The fraction of sp³-hybridized carbons (Fsp3) is 0.0417. The summed E-state index contributed by atoms with van der Waals surface area (Å²) in [6.07, 6.45) is 3.01. The maximum Gasteiger partial charge on any atom is 0.201 e. The maximum atomic E-state index is 14.5. The summed E-state index contributed by atoms with van der Waals surface area (Å²) in [7, 11) is 0. The highest BCUT2D eigenvalue weighted by molar-refractivity contribution is 6.16. The standard InChI is InChI=1S/C24H16F2N4O2/c1-12-19(22(30-32-12)13-5-3-2-4-6-13)14-9-15-16(11-29-24(15)28-10-14)23(31)20-17(25)7-8-18(27)21(20)26/h2-11H,27H2,1H3,(H,28,29). The molecule has 32 heavy (non-hydrogen) atoms. The van der Waals surface area contributed by atoms with Crippen LogP contribution in [0, 0.1) is 18.6 Å². The molecule has 0 saturated carbocycles. The van der Waals surface area contributed by atoms with Crippen molar-refractivity contribution >= 4 is 22.5 Å². The van der Waals surface area contributed by atoms with E-state index in [0.717, 1.165) is 17.7 Å². The van der Waals surface area contributed by atoms with Gasteiger partial charge in [-0.3, -0.25) is 4.79 Å². The maximum absolute atomic E-state index is 14.5. The van der Waals surface area contributed by atoms with E-state index in [9.17, 15) is 13.6 Å². The van der Waals surface area contributed by atoms with E-state index in [0.29, 0.717) is 33.6 Å². The molecule has 0 bridgehead atoms. The lowest BCUT2D eigenvalue weighted by atomic mass is 9.97. The van der Waals surface area contributed by atoms with Crippen LogP contribution in [-0.2, 0) is 0 Å². The molecule has 3 heterocycles. The summed E-state index contributed by atoms with van der Waals surface area (Å²) in [4.78, 5) is 20.3. The minimum absolute atomic E-state index is 0.0770. The average Bonchev–Trinajstić information content (AvgIpc) is 3.40. The zero-order chi connectivity index (χ0) is 22.4. The van der Waals surface area contributed by atoms with Crippen molar-refractivity contribution in [2.75, 3.05) is 5.73 Å². The summed E-state index contributed by atoms with van der Waals surface area (Å²) in [5.41, 5.74) is 7.85. The number of aromatic amines is 1. The zero-order valence-corrected chi connectivity index (χ0v) is 16.8. The quantitative estimate of drug-likeness (QED) is 0.298. The summed E-state index contributed by atoms with van der Waals surface area (Å²) in [6.45, 7) is 1.78. The van der Waals surface area contributed by atoms with Gasteiger partial charge in [-0.2, -0.15) is 0 Å². The van der Waals surface area contributed by atoms with E-state index in [1.807, 2.05) is 30.3 Å². The number of nitrogen functional groups attached to an aromatic ring is 1. The molecule has 2 aromatic carbocycles. The van der Waals surface area contributed by atoms with E-state index in [1.165, 1.54) is 6.20 Å². The van der Waals surface area contributed by atoms with Crippen LogP contribution in [0.1, 0.15) is 21.7 Å². The number of aryl methyl sites for hydroxylation is 1. The third-order valence-corrected chi connectivity index (χ3v) is 5.32. The number of carbonyl (C=O) groups is 1. The second kappa shape index (κ2) is 7.42. The predicted octanol–water partition coefficient (Wildman–Crippen LogP) is 5.28. The Kier molecular flexibility index (Phi) is 4.55. The first-order valence-corrected chi connectivity index (χ1v) is 9.73.